The molecule has 1 saturated heterocycles. The molecule has 5 nitrogen and oxygen atoms in total. The number of halogens is 3. The highest BCUT2D eigenvalue weighted by Crippen LogP contribution is 2.38. The van der Waals surface area contributed by atoms with Crippen LogP contribution in [-0.4, -0.2) is 45.9 Å². The van der Waals surface area contributed by atoms with Crippen molar-refractivity contribution in [3.8, 4) is 11.3 Å². The molecule has 0 spiro atoms. The summed E-state index contributed by atoms with van der Waals surface area (Å²) in [6, 6.07) is 8.76. The number of nitrogens with zero attached hydrogens (tertiary/aromatic N) is 2. The van der Waals surface area contributed by atoms with E-state index in [1.54, 1.807) is 30.3 Å². The van der Waals surface area contributed by atoms with Gasteiger partial charge in [-0.15, -0.1) is 0 Å². The summed E-state index contributed by atoms with van der Waals surface area (Å²) < 4.78 is 43.9. The van der Waals surface area contributed by atoms with E-state index in [1.807, 2.05) is 0 Å². The second kappa shape index (κ2) is 5.62. The van der Waals surface area contributed by atoms with Crippen LogP contribution in [0.1, 0.15) is 22.5 Å². The van der Waals surface area contributed by atoms with Crippen molar-refractivity contribution < 1.29 is 27.6 Å². The summed E-state index contributed by atoms with van der Waals surface area (Å²) in [5.41, 5.74) is -1.85. The molecule has 24 heavy (non-hydrogen) atoms. The van der Waals surface area contributed by atoms with Crippen molar-refractivity contribution in [1.29, 1.82) is 0 Å². The van der Waals surface area contributed by atoms with Crippen molar-refractivity contribution in [2.75, 3.05) is 13.1 Å². The van der Waals surface area contributed by atoms with Crippen LogP contribution in [0.3, 0.4) is 0 Å². The zero-order chi connectivity index (χ0) is 17.5. The summed E-state index contributed by atoms with van der Waals surface area (Å²) in [5.74, 6) is -0.408. The number of aryl methyl sites for hydroxylation is 1. The SMILES string of the molecule is Cc1onc(-c2ccccc2)c1C(=O)N1CCC(O)(C(F)(F)F)C1. The Morgan fingerprint density at radius 3 is 2.58 bits per heavy atom. The van der Waals surface area contributed by atoms with Crippen LogP contribution in [-0.2, 0) is 0 Å². The standard InChI is InChI=1S/C16H15F3N2O3/c1-10-12(13(20-24-10)11-5-3-2-4-6-11)14(22)21-8-7-15(23,9-21)16(17,18)19/h2-6,23H,7-9H2,1H3. The van der Waals surface area contributed by atoms with Crippen LogP contribution in [0.5, 0.6) is 0 Å². The van der Waals surface area contributed by atoms with E-state index in [1.165, 1.54) is 6.92 Å². The monoisotopic (exact) mass is 340 g/mol. The molecule has 1 aliphatic heterocycles. The fourth-order valence-corrected chi connectivity index (χ4v) is 2.77. The maximum absolute atomic E-state index is 12.9. The smallest absolute Gasteiger partial charge is 0.379 e. The topological polar surface area (TPSA) is 66.6 Å². The molecule has 1 atom stereocenters. The summed E-state index contributed by atoms with van der Waals surface area (Å²) in [5, 5.41) is 13.6. The average Bonchev–Trinajstić information content (AvgIpc) is 3.11. The second-order valence-corrected chi connectivity index (χ2v) is 5.83. The molecule has 128 valence electrons. The Balaban J connectivity index is 1.91. The van der Waals surface area contributed by atoms with Gasteiger partial charge in [-0.3, -0.25) is 4.79 Å². The molecule has 1 unspecified atom stereocenters. The van der Waals surface area contributed by atoms with Gasteiger partial charge < -0.3 is 14.5 Å². The minimum absolute atomic E-state index is 0.118. The largest absolute Gasteiger partial charge is 0.419 e. The minimum Gasteiger partial charge on any atom is -0.379 e. The molecular weight excluding hydrogens is 325 g/mol. The van der Waals surface area contributed by atoms with Crippen LogP contribution in [0.2, 0.25) is 0 Å². The first-order valence-corrected chi connectivity index (χ1v) is 7.33. The Kier molecular flexibility index (Phi) is 3.87. The fourth-order valence-electron chi connectivity index (χ4n) is 2.77. The van der Waals surface area contributed by atoms with Gasteiger partial charge in [0.15, 0.2) is 5.60 Å². The highest BCUT2D eigenvalue weighted by atomic mass is 19.4. The Bertz CT molecular complexity index is 758. The van der Waals surface area contributed by atoms with Crippen LogP contribution >= 0.6 is 0 Å². The van der Waals surface area contributed by atoms with Crippen LogP contribution in [0, 0.1) is 6.92 Å². The van der Waals surface area contributed by atoms with Crippen LogP contribution in [0.25, 0.3) is 11.3 Å². The number of carbonyl (C=O) groups is 1. The van der Waals surface area contributed by atoms with Crippen molar-refractivity contribution in [3.63, 3.8) is 0 Å². The lowest BCUT2D eigenvalue weighted by molar-refractivity contribution is -0.253. The van der Waals surface area contributed by atoms with E-state index in [9.17, 15) is 23.1 Å². The lowest BCUT2D eigenvalue weighted by atomic mass is 10.0. The summed E-state index contributed by atoms with van der Waals surface area (Å²) in [6.45, 7) is 0.542. The maximum Gasteiger partial charge on any atom is 0.419 e. The lowest BCUT2D eigenvalue weighted by Gasteiger charge is -2.25. The number of amides is 1. The number of hydrogen-bond acceptors (Lipinski definition) is 4. The van der Waals surface area contributed by atoms with E-state index >= 15 is 0 Å². The molecule has 1 aromatic carbocycles. The quantitative estimate of drug-likeness (QED) is 0.913. The molecule has 1 aromatic heterocycles. The van der Waals surface area contributed by atoms with E-state index in [0.717, 1.165) is 4.90 Å². The van der Waals surface area contributed by atoms with Gasteiger partial charge in [-0.05, 0) is 6.92 Å². The fraction of sp³-hybridized carbons (Fsp3) is 0.375. The molecule has 0 radical (unpaired) electrons. The van der Waals surface area contributed by atoms with Crippen molar-refractivity contribution in [3.05, 3.63) is 41.7 Å². The molecule has 3 rings (SSSR count). The molecule has 2 aromatic rings. The molecule has 1 aliphatic rings. The van der Waals surface area contributed by atoms with Gasteiger partial charge in [-0.25, -0.2) is 0 Å². The molecule has 0 aliphatic carbocycles. The number of aliphatic hydroxyl groups is 1. The number of β-amino-alcohol motifs (C(OH)–C–C–N with tert-alkyl or cyclic N) is 1. The van der Waals surface area contributed by atoms with Crippen molar-refractivity contribution in [2.45, 2.75) is 25.1 Å². The Morgan fingerprint density at radius 1 is 1.33 bits per heavy atom. The van der Waals surface area contributed by atoms with Gasteiger partial charge in [-0.2, -0.15) is 13.2 Å². The van der Waals surface area contributed by atoms with Gasteiger partial charge in [0.2, 0.25) is 0 Å². The highest BCUT2D eigenvalue weighted by molar-refractivity contribution is 6.01. The molecular formula is C16H15F3N2O3. The normalized spacial score (nSPS) is 21.3. The number of alkyl halides is 3. The number of hydrogen-bond donors (Lipinski definition) is 1. The summed E-state index contributed by atoms with van der Waals surface area (Å²) >= 11 is 0. The van der Waals surface area contributed by atoms with Crippen molar-refractivity contribution in [1.82, 2.24) is 10.1 Å². The zero-order valence-corrected chi connectivity index (χ0v) is 12.8. The van der Waals surface area contributed by atoms with E-state index in [-0.39, 0.29) is 23.6 Å². The predicted octanol–water partition coefficient (Wildman–Crippen LogP) is 2.79. The second-order valence-electron chi connectivity index (χ2n) is 5.83. The number of carbonyl (C=O) groups excluding carboxylic acids is 1. The third-order valence-corrected chi connectivity index (χ3v) is 4.19. The van der Waals surface area contributed by atoms with E-state index in [0.29, 0.717) is 5.56 Å². The Hall–Kier alpha value is -2.35. The first kappa shape index (κ1) is 16.5. The van der Waals surface area contributed by atoms with E-state index in [2.05, 4.69) is 5.16 Å². The van der Waals surface area contributed by atoms with Gasteiger partial charge >= 0.3 is 6.18 Å². The first-order valence-electron chi connectivity index (χ1n) is 7.33. The van der Waals surface area contributed by atoms with Gasteiger partial charge in [-0.1, -0.05) is 35.5 Å². The summed E-state index contributed by atoms with van der Waals surface area (Å²) in [7, 11) is 0. The average molecular weight is 340 g/mol. The molecule has 0 saturated carbocycles. The molecule has 1 amide bonds. The van der Waals surface area contributed by atoms with Crippen molar-refractivity contribution in [2.24, 2.45) is 0 Å². The maximum atomic E-state index is 12.9. The number of likely N-dealkylation sites (tertiary alicyclic amines) is 1. The molecule has 1 N–H and O–H groups in total. The Morgan fingerprint density at radius 2 is 2.00 bits per heavy atom. The first-order chi connectivity index (χ1) is 11.2. The lowest BCUT2D eigenvalue weighted by Crippen LogP contribution is -2.48. The van der Waals surface area contributed by atoms with Crippen LogP contribution in [0.15, 0.2) is 34.9 Å². The van der Waals surface area contributed by atoms with Gasteiger partial charge in [0, 0.05) is 18.5 Å². The zero-order valence-electron chi connectivity index (χ0n) is 12.8. The summed E-state index contributed by atoms with van der Waals surface area (Å²) in [6.07, 6.45) is -5.33. The molecule has 1 fully saturated rings. The molecule has 0 bridgehead atoms. The van der Waals surface area contributed by atoms with Crippen LogP contribution < -0.4 is 0 Å². The summed E-state index contributed by atoms with van der Waals surface area (Å²) in [4.78, 5) is 13.7. The van der Waals surface area contributed by atoms with Gasteiger partial charge in [0.05, 0.1) is 6.54 Å². The number of aromatic nitrogens is 1. The predicted molar refractivity (Wildman–Crippen MR) is 78.2 cm³/mol. The Labute approximate surface area is 135 Å². The number of rotatable bonds is 2. The number of benzene rings is 1. The third-order valence-electron chi connectivity index (χ3n) is 4.19. The molecule has 2 heterocycles. The molecule has 8 heteroatoms. The third kappa shape index (κ3) is 2.66. The van der Waals surface area contributed by atoms with E-state index < -0.39 is 30.7 Å². The van der Waals surface area contributed by atoms with Crippen molar-refractivity contribution >= 4 is 5.91 Å². The van der Waals surface area contributed by atoms with Gasteiger partial charge in [0.1, 0.15) is 17.0 Å². The highest BCUT2D eigenvalue weighted by Gasteiger charge is 2.58. The minimum atomic E-state index is -4.78. The van der Waals surface area contributed by atoms with E-state index in [4.69, 9.17) is 4.52 Å². The van der Waals surface area contributed by atoms with Crippen LogP contribution in [0.4, 0.5) is 13.2 Å². The van der Waals surface area contributed by atoms with Gasteiger partial charge in [0.25, 0.3) is 5.91 Å².